The lowest BCUT2D eigenvalue weighted by atomic mass is 10.4. The number of halogens is 3. The van der Waals surface area contributed by atoms with Crippen molar-refractivity contribution in [3.63, 3.8) is 0 Å². The number of hydrogen-bond acceptors (Lipinski definition) is 4. The van der Waals surface area contributed by atoms with Gasteiger partial charge in [0.05, 0.1) is 0 Å². The van der Waals surface area contributed by atoms with Crippen molar-refractivity contribution >= 4 is 11.8 Å². The molecule has 0 aromatic heterocycles. The molecular formula is C5H7F3N4. The highest BCUT2D eigenvalue weighted by atomic mass is 19.4. The minimum atomic E-state index is -4.43. The van der Waals surface area contributed by atoms with Crippen LogP contribution in [0.15, 0.2) is 9.98 Å². The number of guanidine groups is 1. The van der Waals surface area contributed by atoms with Crippen molar-refractivity contribution in [2.75, 3.05) is 0 Å². The maximum atomic E-state index is 12.0. The van der Waals surface area contributed by atoms with Gasteiger partial charge in [-0.05, 0) is 6.92 Å². The molecular weight excluding hydrogens is 173 g/mol. The zero-order valence-corrected chi connectivity index (χ0v) is 6.18. The average Bonchev–Trinajstić information content (AvgIpc) is 1.82. The lowest BCUT2D eigenvalue weighted by Crippen LogP contribution is -2.47. The molecule has 0 bridgehead atoms. The first kappa shape index (κ1) is 8.82. The van der Waals surface area contributed by atoms with Gasteiger partial charge in [0.25, 0.3) is 0 Å². The van der Waals surface area contributed by atoms with Crippen molar-refractivity contribution in [2.45, 2.75) is 19.3 Å². The van der Waals surface area contributed by atoms with Crippen LogP contribution in [0.4, 0.5) is 13.2 Å². The normalized spacial score (nSPS) is 24.2. The summed E-state index contributed by atoms with van der Waals surface area (Å²) in [6.07, 6.45) is -6.39. The molecule has 1 rings (SSSR count). The van der Waals surface area contributed by atoms with E-state index in [2.05, 4.69) is 9.98 Å². The predicted octanol–water partition coefficient (Wildman–Crippen LogP) is 0.211. The van der Waals surface area contributed by atoms with Crippen LogP contribution < -0.4 is 11.1 Å². The van der Waals surface area contributed by atoms with E-state index in [0.29, 0.717) is 0 Å². The fourth-order valence-electron chi connectivity index (χ4n) is 0.750. The molecule has 0 aromatic carbocycles. The van der Waals surface area contributed by atoms with Gasteiger partial charge in [-0.25, -0.2) is 9.98 Å². The van der Waals surface area contributed by atoms with Gasteiger partial charge in [0.15, 0.2) is 0 Å². The first-order chi connectivity index (χ1) is 5.39. The van der Waals surface area contributed by atoms with Crippen LogP contribution in [0.5, 0.6) is 0 Å². The van der Waals surface area contributed by atoms with Crippen molar-refractivity contribution in [1.29, 1.82) is 0 Å². The number of nitrogens with one attached hydrogen (secondary N) is 1. The van der Waals surface area contributed by atoms with Crippen LogP contribution in [0.25, 0.3) is 0 Å². The van der Waals surface area contributed by atoms with Crippen molar-refractivity contribution in [3.05, 3.63) is 0 Å². The third kappa shape index (κ3) is 1.86. The maximum Gasteiger partial charge on any atom is 0.429 e. The largest absolute Gasteiger partial charge is 0.429 e. The highest BCUT2D eigenvalue weighted by molar-refractivity contribution is 5.95. The van der Waals surface area contributed by atoms with Gasteiger partial charge in [0.2, 0.25) is 12.1 Å². The number of hydrogen-bond donors (Lipinski definition) is 2. The molecule has 12 heavy (non-hydrogen) atoms. The van der Waals surface area contributed by atoms with Gasteiger partial charge in [-0.1, -0.05) is 0 Å². The van der Waals surface area contributed by atoms with Crippen molar-refractivity contribution < 1.29 is 13.2 Å². The van der Waals surface area contributed by atoms with Crippen LogP contribution in [0.3, 0.4) is 0 Å². The monoisotopic (exact) mass is 180 g/mol. The van der Waals surface area contributed by atoms with Crippen LogP contribution in [-0.2, 0) is 0 Å². The number of rotatable bonds is 0. The first-order valence-corrected chi connectivity index (χ1v) is 3.11. The van der Waals surface area contributed by atoms with E-state index in [-0.39, 0.29) is 11.8 Å². The number of alkyl halides is 3. The molecule has 3 N–H and O–H groups in total. The van der Waals surface area contributed by atoms with Crippen LogP contribution in [0, 0.1) is 0 Å². The number of nitrogens with zero attached hydrogens (tertiary/aromatic N) is 2. The molecule has 4 nitrogen and oxygen atoms in total. The lowest BCUT2D eigenvalue weighted by molar-refractivity contribution is -0.150. The minimum Gasteiger partial charge on any atom is -0.368 e. The van der Waals surface area contributed by atoms with E-state index in [1.165, 1.54) is 6.92 Å². The summed E-state index contributed by atoms with van der Waals surface area (Å²) in [6.45, 7) is 1.39. The van der Waals surface area contributed by atoms with E-state index in [9.17, 15) is 13.2 Å². The smallest absolute Gasteiger partial charge is 0.368 e. The summed E-state index contributed by atoms with van der Waals surface area (Å²) in [5.41, 5.74) is 5.03. The van der Waals surface area contributed by atoms with Crippen LogP contribution >= 0.6 is 0 Å². The van der Waals surface area contributed by atoms with Crippen molar-refractivity contribution in [3.8, 4) is 0 Å². The topological polar surface area (TPSA) is 62.8 Å². The average molecular weight is 180 g/mol. The lowest BCUT2D eigenvalue weighted by Gasteiger charge is -2.21. The molecule has 1 atom stereocenters. The highest BCUT2D eigenvalue weighted by Crippen LogP contribution is 2.21. The Kier molecular flexibility index (Phi) is 1.95. The summed E-state index contributed by atoms with van der Waals surface area (Å²) < 4.78 is 36.0. The van der Waals surface area contributed by atoms with Gasteiger partial charge in [-0.2, -0.15) is 13.2 Å². The van der Waals surface area contributed by atoms with E-state index >= 15 is 0 Å². The Morgan fingerprint density at radius 2 is 2.08 bits per heavy atom. The zero-order valence-electron chi connectivity index (χ0n) is 6.18. The quantitative estimate of drug-likeness (QED) is 0.559. The molecule has 1 aliphatic rings. The standard InChI is InChI=1S/C5H7F3N4/c1-2-10-3(5(6,7)8)12-4(9)11-2/h3H,1H3,(H3,9,10,11,12). The fourth-order valence-corrected chi connectivity index (χ4v) is 0.750. The predicted molar refractivity (Wildman–Crippen MR) is 37.7 cm³/mol. The highest BCUT2D eigenvalue weighted by Gasteiger charge is 2.41. The zero-order chi connectivity index (χ0) is 9.35. The summed E-state index contributed by atoms with van der Waals surface area (Å²) in [5.74, 6) is -0.238. The van der Waals surface area contributed by atoms with Gasteiger partial charge < -0.3 is 11.1 Å². The van der Waals surface area contributed by atoms with E-state index in [0.717, 1.165) is 0 Å². The van der Waals surface area contributed by atoms with Gasteiger partial charge in [0.1, 0.15) is 5.84 Å². The van der Waals surface area contributed by atoms with Gasteiger partial charge >= 0.3 is 6.18 Å². The second-order valence-corrected chi connectivity index (χ2v) is 2.27. The second-order valence-electron chi connectivity index (χ2n) is 2.27. The third-order valence-corrected chi connectivity index (χ3v) is 1.20. The number of nitrogens with two attached hydrogens (primary N) is 1. The summed E-state index contributed by atoms with van der Waals surface area (Å²) in [5, 5.41) is 2.04. The Morgan fingerprint density at radius 3 is 2.50 bits per heavy atom. The van der Waals surface area contributed by atoms with E-state index in [4.69, 9.17) is 5.73 Å². The Labute approximate surface area is 66.4 Å². The molecule has 0 fully saturated rings. The molecule has 0 saturated heterocycles. The molecule has 0 radical (unpaired) electrons. The summed E-state index contributed by atoms with van der Waals surface area (Å²) in [6, 6.07) is 0. The van der Waals surface area contributed by atoms with E-state index in [1.807, 2.05) is 5.32 Å². The van der Waals surface area contributed by atoms with Gasteiger partial charge in [-0.3, -0.25) is 0 Å². The summed E-state index contributed by atoms with van der Waals surface area (Å²) >= 11 is 0. The van der Waals surface area contributed by atoms with Crippen LogP contribution in [0.1, 0.15) is 6.92 Å². The van der Waals surface area contributed by atoms with Crippen LogP contribution in [0.2, 0.25) is 0 Å². The fraction of sp³-hybridized carbons (Fsp3) is 0.600. The molecule has 0 aliphatic carbocycles. The molecule has 7 heteroatoms. The number of aliphatic imine (C=N–C) groups is 2. The Bertz CT molecular complexity index is 242. The molecule has 0 amide bonds. The molecule has 0 saturated carbocycles. The molecule has 1 heterocycles. The van der Waals surface area contributed by atoms with Crippen molar-refractivity contribution in [1.82, 2.24) is 5.32 Å². The third-order valence-electron chi connectivity index (χ3n) is 1.20. The molecule has 0 spiro atoms. The number of amidine groups is 1. The maximum absolute atomic E-state index is 12.0. The van der Waals surface area contributed by atoms with Crippen LogP contribution in [-0.4, -0.2) is 24.1 Å². The molecule has 1 unspecified atom stereocenters. The molecule has 0 aromatic rings. The molecule has 68 valence electrons. The summed E-state index contributed by atoms with van der Waals surface area (Å²) in [4.78, 5) is 6.55. The second kappa shape index (κ2) is 2.65. The Hall–Kier alpha value is -1.27. The van der Waals surface area contributed by atoms with Crippen molar-refractivity contribution in [2.24, 2.45) is 15.7 Å². The SMILES string of the molecule is CC1=NC(N)=NC(C(F)(F)F)N1. The Morgan fingerprint density at radius 1 is 1.50 bits per heavy atom. The summed E-state index contributed by atoms with van der Waals surface area (Å²) in [7, 11) is 0. The van der Waals surface area contributed by atoms with E-state index < -0.39 is 12.3 Å². The minimum absolute atomic E-state index is 0.116. The Balaban J connectivity index is 2.81. The van der Waals surface area contributed by atoms with E-state index in [1.54, 1.807) is 0 Å². The first-order valence-electron chi connectivity index (χ1n) is 3.11. The van der Waals surface area contributed by atoms with Gasteiger partial charge in [0, 0.05) is 0 Å². The molecule has 1 aliphatic heterocycles. The van der Waals surface area contributed by atoms with Gasteiger partial charge in [-0.15, -0.1) is 0 Å².